The highest BCUT2D eigenvalue weighted by Gasteiger charge is 2.49. The zero-order chi connectivity index (χ0) is 22.6. The van der Waals surface area contributed by atoms with Gasteiger partial charge < -0.3 is 10.1 Å². The van der Waals surface area contributed by atoms with E-state index in [-0.39, 0.29) is 4.90 Å². The van der Waals surface area contributed by atoms with Crippen LogP contribution in [0.25, 0.3) is 11.1 Å². The number of halogens is 1. The predicted molar refractivity (Wildman–Crippen MR) is 121 cm³/mol. The smallest absolute Gasteiger partial charge is 0.243 e. The molecule has 160 valence electrons. The number of para-hydroxylation sites is 1. The molecule has 0 aliphatic carbocycles. The van der Waals surface area contributed by atoms with E-state index in [1.807, 2.05) is 12.1 Å². The molecule has 6 nitrogen and oxygen atoms in total. The summed E-state index contributed by atoms with van der Waals surface area (Å²) in [7, 11) is -1.88. The first kappa shape index (κ1) is 21.5. The number of carbonyl (C=O) groups excluding carboxylic acids is 2. The zero-order valence-electron chi connectivity index (χ0n) is 16.9. The van der Waals surface area contributed by atoms with Gasteiger partial charge in [0, 0.05) is 17.4 Å². The number of fused-ring (bicyclic) bond motifs is 1. The minimum atomic E-state index is -3.41. The van der Waals surface area contributed by atoms with E-state index in [0.29, 0.717) is 37.3 Å². The number of methoxy groups -OCH3 is 1. The number of ether oxygens (including phenoxy) is 1. The van der Waals surface area contributed by atoms with Crippen LogP contribution in [0.5, 0.6) is 5.75 Å². The Morgan fingerprint density at radius 2 is 1.68 bits per heavy atom. The number of anilines is 1. The molecule has 1 amide bonds. The van der Waals surface area contributed by atoms with Gasteiger partial charge in [0.15, 0.2) is 15.6 Å². The summed E-state index contributed by atoms with van der Waals surface area (Å²) in [4.78, 5) is 26.9. The van der Waals surface area contributed by atoms with Crippen LogP contribution in [0.3, 0.4) is 0 Å². The molecule has 31 heavy (non-hydrogen) atoms. The van der Waals surface area contributed by atoms with Crippen molar-refractivity contribution in [2.75, 3.05) is 18.7 Å². The average molecular weight is 476 g/mol. The minimum absolute atomic E-state index is 0.109. The molecule has 1 aliphatic rings. The molecule has 3 aromatic rings. The number of carbonyl (C=O) groups is 2. The van der Waals surface area contributed by atoms with Gasteiger partial charge in [-0.2, -0.15) is 0 Å². The van der Waals surface area contributed by atoms with Gasteiger partial charge in [-0.15, -0.1) is 11.3 Å². The fourth-order valence-electron chi connectivity index (χ4n) is 3.68. The van der Waals surface area contributed by atoms with Crippen molar-refractivity contribution in [2.24, 2.45) is 0 Å². The van der Waals surface area contributed by atoms with Crippen molar-refractivity contribution in [2.45, 2.75) is 17.2 Å². The molecule has 1 unspecified atom stereocenters. The lowest BCUT2D eigenvalue weighted by molar-refractivity contribution is -0.119. The molecule has 0 spiro atoms. The fourth-order valence-corrected chi connectivity index (χ4v) is 5.67. The van der Waals surface area contributed by atoms with Crippen LogP contribution in [0.1, 0.15) is 22.8 Å². The molecule has 0 saturated heterocycles. The lowest BCUT2D eigenvalue weighted by Crippen LogP contribution is -2.48. The van der Waals surface area contributed by atoms with E-state index in [1.54, 1.807) is 12.1 Å². The van der Waals surface area contributed by atoms with Crippen LogP contribution in [0.4, 0.5) is 5.00 Å². The molecule has 0 bridgehead atoms. The maximum absolute atomic E-state index is 13.8. The molecule has 2 heterocycles. The first-order chi connectivity index (χ1) is 14.6. The van der Waals surface area contributed by atoms with Crippen molar-refractivity contribution >= 4 is 49.5 Å². The third-order valence-corrected chi connectivity index (χ3v) is 7.91. The van der Waals surface area contributed by atoms with E-state index < -0.39 is 26.9 Å². The third kappa shape index (κ3) is 3.35. The maximum atomic E-state index is 13.8. The van der Waals surface area contributed by atoms with Gasteiger partial charge in [0.25, 0.3) is 0 Å². The molecule has 1 aliphatic heterocycles. The summed E-state index contributed by atoms with van der Waals surface area (Å²) in [5.41, 5.74) is 0.300. The van der Waals surface area contributed by atoms with Gasteiger partial charge in [0.1, 0.15) is 20.5 Å². The summed E-state index contributed by atoms with van der Waals surface area (Å²) in [5.74, 6) is -0.363. The number of ketones is 1. The third-order valence-electron chi connectivity index (χ3n) is 5.46. The van der Waals surface area contributed by atoms with Crippen LogP contribution in [-0.2, 0) is 20.0 Å². The lowest BCUT2D eigenvalue weighted by atomic mass is 9.73. The average Bonchev–Trinajstić information content (AvgIpc) is 3.06. The normalized spacial score (nSPS) is 18.5. The first-order valence-electron chi connectivity index (χ1n) is 9.21. The van der Waals surface area contributed by atoms with Gasteiger partial charge in [-0.1, -0.05) is 41.9 Å². The fraction of sp³-hybridized carbons (Fsp3) is 0.182. The summed E-state index contributed by atoms with van der Waals surface area (Å²) in [5, 5.41) is 3.19. The van der Waals surface area contributed by atoms with E-state index in [9.17, 15) is 18.0 Å². The topological polar surface area (TPSA) is 89.5 Å². The van der Waals surface area contributed by atoms with Crippen molar-refractivity contribution in [1.82, 2.24) is 0 Å². The quantitative estimate of drug-likeness (QED) is 0.558. The van der Waals surface area contributed by atoms with Crippen LogP contribution in [-0.4, -0.2) is 33.5 Å². The highest BCUT2D eigenvalue weighted by Crippen LogP contribution is 2.51. The summed E-state index contributed by atoms with van der Waals surface area (Å²) >= 11 is 7.63. The second kappa shape index (κ2) is 7.47. The van der Waals surface area contributed by atoms with Gasteiger partial charge in [0.05, 0.1) is 17.6 Å². The molecular weight excluding hydrogens is 458 g/mol. The van der Waals surface area contributed by atoms with E-state index in [0.717, 1.165) is 17.6 Å². The van der Waals surface area contributed by atoms with Crippen molar-refractivity contribution in [3.63, 3.8) is 0 Å². The second-order valence-electron chi connectivity index (χ2n) is 7.36. The van der Waals surface area contributed by atoms with E-state index in [1.165, 1.54) is 38.3 Å². The number of amides is 1. The number of sulfone groups is 1. The number of Topliss-reactive ketones (excluding diaryl/α,β-unsaturated/α-hetero) is 1. The SMILES string of the molecule is COc1ccccc1-c1c(Cl)sc2c1C(=O)C(C)(c1ccc(S(C)(=O)=O)cc1)C(=O)N2. The molecule has 2 aromatic carbocycles. The highest BCUT2D eigenvalue weighted by molar-refractivity contribution is 7.90. The van der Waals surface area contributed by atoms with Crippen LogP contribution in [0, 0.1) is 0 Å². The molecule has 0 fully saturated rings. The van der Waals surface area contributed by atoms with Gasteiger partial charge in [0.2, 0.25) is 5.91 Å². The first-order valence-corrected chi connectivity index (χ1v) is 12.3. The molecule has 0 saturated carbocycles. The Kier molecular flexibility index (Phi) is 5.20. The van der Waals surface area contributed by atoms with E-state index in [4.69, 9.17) is 16.3 Å². The van der Waals surface area contributed by atoms with E-state index >= 15 is 0 Å². The Labute approximate surface area is 188 Å². The Balaban J connectivity index is 1.90. The number of thiophene rings is 1. The number of rotatable bonds is 4. The summed E-state index contributed by atoms with van der Waals surface area (Å²) in [6, 6.07) is 13.0. The van der Waals surface area contributed by atoms with E-state index in [2.05, 4.69) is 5.32 Å². The number of benzene rings is 2. The van der Waals surface area contributed by atoms with Gasteiger partial charge in [-0.05, 0) is 30.7 Å². The van der Waals surface area contributed by atoms with Crippen molar-refractivity contribution in [3.05, 3.63) is 64.0 Å². The Hall–Kier alpha value is -2.68. The predicted octanol–water partition coefficient (Wildman–Crippen LogP) is 4.57. The summed E-state index contributed by atoms with van der Waals surface area (Å²) in [6.45, 7) is 1.53. The monoisotopic (exact) mass is 475 g/mol. The number of hydrogen-bond donors (Lipinski definition) is 1. The van der Waals surface area contributed by atoms with Crippen molar-refractivity contribution in [1.29, 1.82) is 0 Å². The summed E-state index contributed by atoms with van der Waals surface area (Å²) < 4.78 is 29.4. The Morgan fingerprint density at radius 1 is 1.03 bits per heavy atom. The van der Waals surface area contributed by atoms with Crippen molar-refractivity contribution < 1.29 is 22.7 Å². The van der Waals surface area contributed by atoms with Crippen molar-refractivity contribution in [3.8, 4) is 16.9 Å². The zero-order valence-corrected chi connectivity index (χ0v) is 19.2. The molecule has 1 N–H and O–H groups in total. The highest BCUT2D eigenvalue weighted by atomic mass is 35.5. The summed E-state index contributed by atoms with van der Waals surface area (Å²) in [6.07, 6.45) is 1.10. The van der Waals surface area contributed by atoms with Crippen LogP contribution in [0.2, 0.25) is 4.34 Å². The Bertz CT molecular complexity index is 1330. The van der Waals surface area contributed by atoms with Gasteiger partial charge in [-0.3, -0.25) is 9.59 Å². The molecule has 4 rings (SSSR count). The van der Waals surface area contributed by atoms with Crippen LogP contribution >= 0.6 is 22.9 Å². The Morgan fingerprint density at radius 3 is 2.29 bits per heavy atom. The molecule has 1 atom stereocenters. The molecule has 9 heteroatoms. The standard InChI is InChI=1S/C22H18ClNO5S2/c1-22(12-8-10-13(11-9-12)31(3,27)28)18(25)17-16(14-6-4-5-7-15(14)29-2)19(23)30-20(17)24-21(22)26/h4-11H,1-3H3,(H,24,26). The largest absolute Gasteiger partial charge is 0.496 e. The second-order valence-corrected chi connectivity index (χ2v) is 11.0. The maximum Gasteiger partial charge on any atom is 0.243 e. The number of nitrogens with one attached hydrogen (secondary N) is 1. The van der Waals surface area contributed by atoms with Crippen LogP contribution in [0.15, 0.2) is 53.4 Å². The molecule has 0 radical (unpaired) electrons. The minimum Gasteiger partial charge on any atom is -0.496 e. The van der Waals surface area contributed by atoms with Gasteiger partial charge in [-0.25, -0.2) is 8.42 Å². The molecular formula is C22H18ClNO5S2. The van der Waals surface area contributed by atoms with Gasteiger partial charge >= 0.3 is 0 Å². The molecule has 1 aromatic heterocycles. The van der Waals surface area contributed by atoms with Crippen LogP contribution < -0.4 is 10.1 Å². The lowest BCUT2D eigenvalue weighted by Gasteiger charge is -2.32. The number of hydrogen-bond acceptors (Lipinski definition) is 6.